The quantitative estimate of drug-likeness (QED) is 0.783. The van der Waals surface area contributed by atoms with Crippen LogP contribution >= 0.6 is 0 Å². The van der Waals surface area contributed by atoms with Gasteiger partial charge in [-0.05, 0) is 6.07 Å². The summed E-state index contributed by atoms with van der Waals surface area (Å²) in [6, 6.07) is 3.27. The average molecular weight is 187 g/mol. The Morgan fingerprint density at radius 2 is 2.23 bits per heavy atom. The van der Waals surface area contributed by atoms with Crippen molar-refractivity contribution in [2.75, 3.05) is 13.8 Å². The molecule has 0 bridgehead atoms. The Hall–Kier alpha value is -1.16. The van der Waals surface area contributed by atoms with Crippen molar-refractivity contribution in [1.82, 2.24) is 0 Å². The highest BCUT2D eigenvalue weighted by molar-refractivity contribution is 5.30. The fraction of sp³-hybridized carbons (Fsp3) is 0.333. The number of rotatable bonds is 3. The van der Waals surface area contributed by atoms with Gasteiger partial charge in [0.25, 0.3) is 0 Å². The second-order valence-electron chi connectivity index (χ2n) is 2.65. The van der Waals surface area contributed by atoms with E-state index >= 15 is 0 Å². The molecule has 0 aliphatic rings. The first kappa shape index (κ1) is 9.92. The molecule has 0 saturated carbocycles. The molecule has 0 radical (unpaired) electrons. The third-order valence-corrected chi connectivity index (χ3v) is 1.77. The first-order valence-electron chi connectivity index (χ1n) is 3.84. The number of nitrogens with two attached hydrogens (primary N) is 1. The van der Waals surface area contributed by atoms with Crippen LogP contribution in [0.2, 0.25) is 0 Å². The molecule has 13 heavy (non-hydrogen) atoms. The van der Waals surface area contributed by atoms with Crippen LogP contribution < -0.4 is 10.5 Å². The van der Waals surface area contributed by atoms with Gasteiger partial charge in [-0.25, -0.2) is 8.78 Å². The van der Waals surface area contributed by atoms with Crippen molar-refractivity contribution in [1.29, 1.82) is 0 Å². The summed E-state index contributed by atoms with van der Waals surface area (Å²) in [6.07, 6.45) is 0. The zero-order valence-electron chi connectivity index (χ0n) is 7.26. The Kier molecular flexibility index (Phi) is 3.19. The Morgan fingerprint density at radius 3 is 2.69 bits per heavy atom. The molecular formula is C9H11F2NO. The zero-order valence-corrected chi connectivity index (χ0v) is 7.26. The van der Waals surface area contributed by atoms with E-state index in [0.717, 1.165) is 0 Å². The Bertz CT molecular complexity index is 291. The van der Waals surface area contributed by atoms with Crippen LogP contribution in [-0.4, -0.2) is 13.8 Å². The maximum atomic E-state index is 13.1. The van der Waals surface area contributed by atoms with Crippen LogP contribution in [0.5, 0.6) is 5.75 Å². The topological polar surface area (TPSA) is 35.2 Å². The molecule has 1 aromatic carbocycles. The van der Waals surface area contributed by atoms with Crippen molar-refractivity contribution in [3.05, 3.63) is 29.6 Å². The lowest BCUT2D eigenvalue weighted by atomic mass is 10.1. The number of alkyl halides is 1. The van der Waals surface area contributed by atoms with Gasteiger partial charge in [-0.15, -0.1) is 0 Å². The van der Waals surface area contributed by atoms with E-state index in [1.807, 2.05) is 0 Å². The summed E-state index contributed by atoms with van der Waals surface area (Å²) in [6.45, 7) is -0.775. The third kappa shape index (κ3) is 2.15. The second kappa shape index (κ2) is 4.18. The molecule has 0 saturated heterocycles. The van der Waals surface area contributed by atoms with Gasteiger partial charge in [0.2, 0.25) is 0 Å². The van der Waals surface area contributed by atoms with Gasteiger partial charge in [0, 0.05) is 11.6 Å². The molecule has 0 heterocycles. The maximum Gasteiger partial charge on any atom is 0.131 e. The van der Waals surface area contributed by atoms with Gasteiger partial charge in [-0.3, -0.25) is 0 Å². The minimum atomic E-state index is -0.897. The largest absolute Gasteiger partial charge is 0.497 e. The third-order valence-electron chi connectivity index (χ3n) is 1.77. The van der Waals surface area contributed by atoms with E-state index in [4.69, 9.17) is 10.5 Å². The van der Waals surface area contributed by atoms with E-state index in [9.17, 15) is 8.78 Å². The van der Waals surface area contributed by atoms with Crippen molar-refractivity contribution >= 4 is 0 Å². The predicted molar refractivity (Wildman–Crippen MR) is 45.9 cm³/mol. The summed E-state index contributed by atoms with van der Waals surface area (Å²) in [7, 11) is 1.43. The van der Waals surface area contributed by atoms with Gasteiger partial charge in [-0.2, -0.15) is 0 Å². The number of hydrogen-bond donors (Lipinski definition) is 1. The number of ether oxygens (including phenoxy) is 1. The standard InChI is InChI=1S/C9H11F2NO/c1-13-6-2-3-7(8(11)4-6)9(12)5-10/h2-4,9H,5,12H2,1H3/t9-/m1/s1. The van der Waals surface area contributed by atoms with E-state index in [2.05, 4.69) is 0 Å². The van der Waals surface area contributed by atoms with Crippen LogP contribution in [0, 0.1) is 5.82 Å². The lowest BCUT2D eigenvalue weighted by Crippen LogP contribution is -2.13. The molecule has 1 aromatic rings. The lowest BCUT2D eigenvalue weighted by Gasteiger charge is -2.09. The van der Waals surface area contributed by atoms with Crippen LogP contribution in [0.25, 0.3) is 0 Å². The van der Waals surface area contributed by atoms with Crippen LogP contribution in [0.4, 0.5) is 8.78 Å². The fourth-order valence-corrected chi connectivity index (χ4v) is 1.02. The SMILES string of the molecule is COc1ccc([C@H](N)CF)c(F)c1. The number of hydrogen-bond acceptors (Lipinski definition) is 2. The maximum absolute atomic E-state index is 13.1. The van der Waals surface area contributed by atoms with E-state index in [0.29, 0.717) is 5.75 Å². The second-order valence-corrected chi connectivity index (χ2v) is 2.65. The highest BCUT2D eigenvalue weighted by Gasteiger charge is 2.11. The fourth-order valence-electron chi connectivity index (χ4n) is 1.02. The molecule has 0 aromatic heterocycles. The molecule has 1 rings (SSSR count). The molecule has 4 heteroatoms. The lowest BCUT2D eigenvalue weighted by molar-refractivity contribution is 0.405. The Morgan fingerprint density at radius 1 is 1.54 bits per heavy atom. The highest BCUT2D eigenvalue weighted by atomic mass is 19.1. The Labute approximate surface area is 75.3 Å². The van der Waals surface area contributed by atoms with Crippen LogP contribution in [-0.2, 0) is 0 Å². The van der Waals surface area contributed by atoms with Crippen molar-refractivity contribution in [3.8, 4) is 5.75 Å². The van der Waals surface area contributed by atoms with E-state index < -0.39 is 18.5 Å². The minimum absolute atomic E-state index is 0.170. The van der Waals surface area contributed by atoms with Gasteiger partial charge >= 0.3 is 0 Å². The minimum Gasteiger partial charge on any atom is -0.497 e. The van der Waals surface area contributed by atoms with Crippen LogP contribution in [0.15, 0.2) is 18.2 Å². The number of halogens is 2. The van der Waals surface area contributed by atoms with Crippen molar-refractivity contribution in [3.63, 3.8) is 0 Å². The molecule has 72 valence electrons. The van der Waals surface area contributed by atoms with Crippen molar-refractivity contribution in [2.45, 2.75) is 6.04 Å². The monoisotopic (exact) mass is 187 g/mol. The molecule has 2 N–H and O–H groups in total. The van der Waals surface area contributed by atoms with E-state index in [-0.39, 0.29) is 5.56 Å². The van der Waals surface area contributed by atoms with Crippen LogP contribution in [0.3, 0.4) is 0 Å². The van der Waals surface area contributed by atoms with E-state index in [1.165, 1.54) is 19.2 Å². The molecular weight excluding hydrogens is 176 g/mol. The summed E-state index contributed by atoms with van der Waals surface area (Å²) in [5.74, 6) is -0.142. The van der Waals surface area contributed by atoms with Crippen molar-refractivity contribution in [2.24, 2.45) is 5.73 Å². The number of benzene rings is 1. The summed E-state index contributed by atoms with van der Waals surface area (Å²) in [4.78, 5) is 0. The van der Waals surface area contributed by atoms with Gasteiger partial charge in [-0.1, -0.05) is 6.07 Å². The van der Waals surface area contributed by atoms with Crippen LogP contribution in [0.1, 0.15) is 11.6 Å². The van der Waals surface area contributed by atoms with Gasteiger partial charge < -0.3 is 10.5 Å². The van der Waals surface area contributed by atoms with Gasteiger partial charge in [0.1, 0.15) is 18.2 Å². The summed E-state index contributed by atoms with van der Waals surface area (Å²) in [5, 5.41) is 0. The van der Waals surface area contributed by atoms with Crippen molar-refractivity contribution < 1.29 is 13.5 Å². The van der Waals surface area contributed by atoms with Gasteiger partial charge in [0.15, 0.2) is 0 Å². The molecule has 0 amide bonds. The Balaban J connectivity index is 2.98. The predicted octanol–water partition coefficient (Wildman–Crippen LogP) is 1.80. The first-order chi connectivity index (χ1) is 6.19. The molecule has 2 nitrogen and oxygen atoms in total. The summed E-state index contributed by atoms with van der Waals surface area (Å²) < 4.78 is 30.0. The molecule has 0 aliphatic heterocycles. The average Bonchev–Trinajstić information content (AvgIpc) is 2.16. The molecule has 0 unspecified atom stereocenters. The molecule has 0 aliphatic carbocycles. The van der Waals surface area contributed by atoms with Gasteiger partial charge in [0.05, 0.1) is 13.2 Å². The van der Waals surface area contributed by atoms with E-state index in [1.54, 1.807) is 6.07 Å². The summed E-state index contributed by atoms with van der Waals surface area (Å²) >= 11 is 0. The molecule has 1 atom stereocenters. The molecule has 0 fully saturated rings. The number of methoxy groups -OCH3 is 1. The smallest absolute Gasteiger partial charge is 0.131 e. The first-order valence-corrected chi connectivity index (χ1v) is 3.84. The highest BCUT2D eigenvalue weighted by Crippen LogP contribution is 2.20. The zero-order chi connectivity index (χ0) is 9.84. The molecule has 0 spiro atoms. The summed E-state index contributed by atoms with van der Waals surface area (Å²) in [5.41, 5.74) is 5.50. The normalized spacial score (nSPS) is 12.6.